The number of benzene rings is 1. The number of carbonyl (C=O) groups is 1. The zero-order valence-electron chi connectivity index (χ0n) is 23.4. The molecule has 206 valence electrons. The van der Waals surface area contributed by atoms with E-state index >= 15 is 0 Å². The number of unbranched alkanes of at least 4 members (excludes halogenated alkanes) is 1. The molecule has 38 heavy (non-hydrogen) atoms. The Labute approximate surface area is 229 Å². The molecule has 1 amide bonds. The van der Waals surface area contributed by atoms with E-state index in [2.05, 4.69) is 83.0 Å². The van der Waals surface area contributed by atoms with Crippen molar-refractivity contribution in [2.24, 2.45) is 21.5 Å². The Morgan fingerprint density at radius 2 is 1.37 bits per heavy atom. The second-order valence-corrected chi connectivity index (χ2v) is 8.88. The molecule has 0 bridgehead atoms. The lowest BCUT2D eigenvalue weighted by Crippen LogP contribution is -2.32. The van der Waals surface area contributed by atoms with E-state index in [1.54, 1.807) is 19.0 Å². The number of amides is 1. The first-order valence-corrected chi connectivity index (χ1v) is 13.4. The van der Waals surface area contributed by atoms with Gasteiger partial charge in [-0.05, 0) is 62.6 Å². The van der Waals surface area contributed by atoms with Crippen LogP contribution in [0, 0.1) is 0 Å². The Kier molecular flexibility index (Phi) is 18.0. The monoisotopic (exact) mass is 518 g/mol. The number of nitrogens with two attached hydrogens (primary N) is 2. The van der Waals surface area contributed by atoms with Crippen LogP contribution >= 0.6 is 0 Å². The van der Waals surface area contributed by atoms with Gasteiger partial charge in [-0.25, -0.2) is 4.99 Å². The summed E-state index contributed by atoms with van der Waals surface area (Å²) < 4.78 is 0. The van der Waals surface area contributed by atoms with E-state index in [9.17, 15) is 4.79 Å². The number of nitrogens with zero attached hydrogens (tertiary/aromatic N) is 3. The van der Waals surface area contributed by atoms with E-state index in [1.807, 2.05) is 24.3 Å². The van der Waals surface area contributed by atoms with Gasteiger partial charge in [0.25, 0.3) is 0 Å². The van der Waals surface area contributed by atoms with Crippen molar-refractivity contribution in [1.29, 1.82) is 0 Å². The molecule has 0 aliphatic carbocycles. The van der Waals surface area contributed by atoms with Crippen molar-refractivity contribution in [3.63, 3.8) is 0 Å². The lowest BCUT2D eigenvalue weighted by molar-refractivity contribution is -0.116. The summed E-state index contributed by atoms with van der Waals surface area (Å²) in [5.74, 6) is 0.438. The fraction of sp³-hybridized carbons (Fsp3) is 0.387. The second-order valence-electron chi connectivity index (χ2n) is 8.88. The van der Waals surface area contributed by atoms with Gasteiger partial charge in [0.05, 0.1) is 6.54 Å². The zero-order valence-corrected chi connectivity index (χ0v) is 23.4. The Morgan fingerprint density at radius 1 is 0.842 bits per heavy atom. The lowest BCUT2D eigenvalue weighted by atomic mass is 10.2. The van der Waals surface area contributed by atoms with Crippen molar-refractivity contribution >= 4 is 23.5 Å². The SMILES string of the molecule is CC/C=C\C/C=C\C/C=C\C/C=C\C/C=C\CCCC(=O)Nc1ccc(CN=C(N)N=C(N)N(C)C)cc1. The standard InChI is InChI=1S/C31H46N6O/c1-4-5-6-7-8-9-10-11-12-13-14-15-16-17-18-19-20-21-29(38)35-28-24-22-27(23-25-28)26-34-30(32)36-31(33)37(2)3/h5-6,8-9,11-12,14-15,17-18,22-25H,4,7,10,13,16,19-21,26H2,1-3H3,(H,35,38)(H4,32,33,34,36)/b6-5-,9-8-,12-11-,15-14-,18-17-. The molecule has 0 aliphatic rings. The number of aliphatic imine (C=N–C) groups is 2. The molecule has 0 spiro atoms. The first-order valence-electron chi connectivity index (χ1n) is 13.4. The van der Waals surface area contributed by atoms with Gasteiger partial charge in [0.2, 0.25) is 11.9 Å². The molecule has 0 atom stereocenters. The highest BCUT2D eigenvalue weighted by Crippen LogP contribution is 2.11. The summed E-state index contributed by atoms with van der Waals surface area (Å²) >= 11 is 0. The molecular weight excluding hydrogens is 472 g/mol. The van der Waals surface area contributed by atoms with Crippen LogP contribution < -0.4 is 16.8 Å². The molecule has 7 nitrogen and oxygen atoms in total. The number of allylic oxidation sites excluding steroid dienone is 10. The number of rotatable bonds is 16. The van der Waals surface area contributed by atoms with E-state index < -0.39 is 0 Å². The number of guanidine groups is 2. The van der Waals surface area contributed by atoms with E-state index in [0.29, 0.717) is 18.9 Å². The summed E-state index contributed by atoms with van der Waals surface area (Å²) in [6.07, 6.45) is 29.0. The van der Waals surface area contributed by atoms with E-state index in [4.69, 9.17) is 11.5 Å². The van der Waals surface area contributed by atoms with Crippen molar-refractivity contribution in [2.45, 2.75) is 64.8 Å². The number of hydrogen-bond acceptors (Lipinski definition) is 2. The summed E-state index contributed by atoms with van der Waals surface area (Å²) in [5, 5.41) is 2.94. The predicted octanol–water partition coefficient (Wildman–Crippen LogP) is 6.24. The number of anilines is 1. The molecule has 7 heteroatoms. The molecule has 1 aromatic carbocycles. The van der Waals surface area contributed by atoms with Gasteiger partial charge in [-0.1, -0.05) is 79.8 Å². The van der Waals surface area contributed by atoms with Crippen LogP contribution in [-0.2, 0) is 11.3 Å². The van der Waals surface area contributed by atoms with Gasteiger partial charge < -0.3 is 21.7 Å². The van der Waals surface area contributed by atoms with Crippen molar-refractivity contribution in [2.75, 3.05) is 19.4 Å². The van der Waals surface area contributed by atoms with Crippen LogP contribution in [0.25, 0.3) is 0 Å². The summed E-state index contributed by atoms with van der Waals surface area (Å²) in [4.78, 5) is 22.1. The molecule has 0 saturated carbocycles. The largest absolute Gasteiger partial charge is 0.369 e. The molecule has 1 rings (SSSR count). The minimum atomic E-state index is 0.0147. The third-order valence-electron chi connectivity index (χ3n) is 5.28. The van der Waals surface area contributed by atoms with Crippen molar-refractivity contribution in [1.82, 2.24) is 4.90 Å². The molecule has 5 N–H and O–H groups in total. The number of nitrogens with one attached hydrogen (secondary N) is 1. The summed E-state index contributed by atoms with van der Waals surface area (Å²) in [6.45, 7) is 2.53. The highest BCUT2D eigenvalue weighted by Gasteiger charge is 2.02. The van der Waals surface area contributed by atoms with E-state index in [-0.39, 0.29) is 11.9 Å². The van der Waals surface area contributed by atoms with Gasteiger partial charge >= 0.3 is 0 Å². The molecule has 0 aromatic heterocycles. The van der Waals surface area contributed by atoms with Gasteiger partial charge in [-0.15, -0.1) is 0 Å². The quantitative estimate of drug-likeness (QED) is 0.104. The fourth-order valence-corrected chi connectivity index (χ4v) is 3.09. The molecule has 0 heterocycles. The average Bonchev–Trinajstić information content (AvgIpc) is 2.90. The summed E-state index contributed by atoms with van der Waals surface area (Å²) in [6, 6.07) is 7.53. The minimum absolute atomic E-state index is 0.0147. The normalized spacial score (nSPS) is 13.1. The first-order chi connectivity index (χ1) is 18.4. The molecule has 0 unspecified atom stereocenters. The zero-order chi connectivity index (χ0) is 27.8. The van der Waals surface area contributed by atoms with Crippen molar-refractivity contribution < 1.29 is 4.79 Å². The Morgan fingerprint density at radius 3 is 1.89 bits per heavy atom. The summed E-state index contributed by atoms with van der Waals surface area (Å²) in [7, 11) is 3.56. The Balaban J connectivity index is 2.18. The summed E-state index contributed by atoms with van der Waals surface area (Å²) in [5.41, 5.74) is 13.2. The van der Waals surface area contributed by atoms with Crippen LogP contribution in [0.15, 0.2) is 95.0 Å². The molecule has 0 saturated heterocycles. The maximum absolute atomic E-state index is 12.2. The lowest BCUT2D eigenvalue weighted by Gasteiger charge is -2.09. The van der Waals surface area contributed by atoms with Crippen LogP contribution in [0.4, 0.5) is 5.69 Å². The minimum Gasteiger partial charge on any atom is -0.369 e. The van der Waals surface area contributed by atoms with Crippen molar-refractivity contribution in [3.8, 4) is 0 Å². The molecule has 0 fully saturated rings. The maximum Gasteiger partial charge on any atom is 0.224 e. The number of hydrogen-bond donors (Lipinski definition) is 3. The van der Waals surface area contributed by atoms with Gasteiger partial charge in [0.1, 0.15) is 0 Å². The highest BCUT2D eigenvalue weighted by atomic mass is 16.1. The molecule has 0 radical (unpaired) electrons. The van der Waals surface area contributed by atoms with Crippen LogP contribution in [-0.4, -0.2) is 36.8 Å². The van der Waals surface area contributed by atoms with Crippen LogP contribution in [0.3, 0.4) is 0 Å². The van der Waals surface area contributed by atoms with E-state index in [1.165, 1.54) is 0 Å². The highest BCUT2D eigenvalue weighted by molar-refractivity contribution is 5.93. The second kappa shape index (κ2) is 21.2. The Bertz CT molecular complexity index is 998. The predicted molar refractivity (Wildman–Crippen MR) is 164 cm³/mol. The van der Waals surface area contributed by atoms with Crippen LogP contribution in [0.2, 0.25) is 0 Å². The topological polar surface area (TPSA) is 109 Å². The first kappa shape index (κ1) is 32.2. The smallest absolute Gasteiger partial charge is 0.224 e. The third-order valence-corrected chi connectivity index (χ3v) is 5.28. The molecule has 0 aliphatic heterocycles. The average molecular weight is 519 g/mol. The van der Waals surface area contributed by atoms with Gasteiger partial charge in [0, 0.05) is 26.2 Å². The fourth-order valence-electron chi connectivity index (χ4n) is 3.09. The van der Waals surface area contributed by atoms with Gasteiger partial charge in [0.15, 0.2) is 5.96 Å². The van der Waals surface area contributed by atoms with E-state index in [0.717, 1.165) is 56.2 Å². The van der Waals surface area contributed by atoms with Gasteiger partial charge in [-0.3, -0.25) is 4.79 Å². The number of carbonyl (C=O) groups excluding carboxylic acids is 1. The molecule has 1 aromatic rings. The van der Waals surface area contributed by atoms with Gasteiger partial charge in [-0.2, -0.15) is 4.99 Å². The van der Waals surface area contributed by atoms with Crippen molar-refractivity contribution in [3.05, 3.63) is 90.6 Å². The third kappa shape index (κ3) is 17.5. The van der Waals surface area contributed by atoms with Crippen LogP contribution in [0.5, 0.6) is 0 Å². The maximum atomic E-state index is 12.2. The Hall–Kier alpha value is -3.87. The van der Waals surface area contributed by atoms with Crippen LogP contribution in [0.1, 0.15) is 63.9 Å². The molecular formula is C31H46N6O.